The summed E-state index contributed by atoms with van der Waals surface area (Å²) in [5.74, 6) is -2.72. The van der Waals surface area contributed by atoms with Crippen LogP contribution in [0.3, 0.4) is 0 Å². The molecule has 1 aliphatic heterocycles. The van der Waals surface area contributed by atoms with Gasteiger partial charge in [-0.15, -0.1) is 5.10 Å². The van der Waals surface area contributed by atoms with Gasteiger partial charge in [-0.05, 0) is 19.8 Å². The van der Waals surface area contributed by atoms with Crippen LogP contribution in [0.15, 0.2) is 0 Å². The molecule has 0 unspecified atom stereocenters. The fourth-order valence-electron chi connectivity index (χ4n) is 3.23. The molecule has 8 nitrogen and oxygen atoms in total. The summed E-state index contributed by atoms with van der Waals surface area (Å²) in [6.07, 6.45) is 1.06. The average molecular weight is 391 g/mol. The zero-order valence-electron chi connectivity index (χ0n) is 15.1. The van der Waals surface area contributed by atoms with E-state index < -0.39 is 12.1 Å². The zero-order chi connectivity index (χ0) is 20.0. The van der Waals surface area contributed by atoms with E-state index in [2.05, 4.69) is 15.6 Å². The third-order valence-electron chi connectivity index (χ3n) is 4.70. The zero-order valence-corrected chi connectivity index (χ0v) is 15.1. The number of carboxylic acids is 1. The highest BCUT2D eigenvalue weighted by atomic mass is 19.4. The van der Waals surface area contributed by atoms with Gasteiger partial charge in [0.25, 0.3) is 5.91 Å². The lowest BCUT2D eigenvalue weighted by molar-refractivity contribution is -0.192. The van der Waals surface area contributed by atoms with Crippen LogP contribution in [0.4, 0.5) is 13.2 Å². The number of halogens is 3. The van der Waals surface area contributed by atoms with E-state index in [1.807, 2.05) is 16.5 Å². The topological polar surface area (TPSA) is 100 Å². The highest BCUT2D eigenvalue weighted by Gasteiger charge is 2.38. The molecule has 3 rings (SSSR count). The van der Waals surface area contributed by atoms with Gasteiger partial charge in [0.2, 0.25) is 0 Å². The number of hydrogen-bond acceptors (Lipinski definition) is 5. The summed E-state index contributed by atoms with van der Waals surface area (Å²) in [7, 11) is 0. The van der Waals surface area contributed by atoms with E-state index in [4.69, 9.17) is 9.90 Å². The fourth-order valence-corrected chi connectivity index (χ4v) is 3.23. The van der Waals surface area contributed by atoms with Crippen molar-refractivity contribution in [3.63, 3.8) is 0 Å². The van der Waals surface area contributed by atoms with E-state index in [0.29, 0.717) is 11.7 Å². The quantitative estimate of drug-likeness (QED) is 0.797. The Morgan fingerprint density at radius 3 is 2.22 bits per heavy atom. The lowest BCUT2D eigenvalue weighted by Gasteiger charge is -2.27. The van der Waals surface area contributed by atoms with Crippen molar-refractivity contribution < 1.29 is 27.9 Å². The van der Waals surface area contributed by atoms with Crippen LogP contribution < -0.4 is 5.32 Å². The Morgan fingerprint density at radius 1 is 1.15 bits per heavy atom. The van der Waals surface area contributed by atoms with Crippen molar-refractivity contribution in [1.82, 2.24) is 25.2 Å². The van der Waals surface area contributed by atoms with Crippen LogP contribution in [0.5, 0.6) is 0 Å². The minimum atomic E-state index is -5.08. The van der Waals surface area contributed by atoms with Crippen LogP contribution in [-0.2, 0) is 4.79 Å². The van der Waals surface area contributed by atoms with E-state index in [9.17, 15) is 18.0 Å². The summed E-state index contributed by atoms with van der Waals surface area (Å²) in [6.45, 7) is 5.22. The first kappa shape index (κ1) is 21.1. The summed E-state index contributed by atoms with van der Waals surface area (Å²) < 4.78 is 33.7. The Bertz CT molecular complexity index is 650. The predicted octanol–water partition coefficient (Wildman–Crippen LogP) is 1.77. The number of piperazine rings is 1. The maximum Gasteiger partial charge on any atom is 0.490 e. The number of nitrogens with zero attached hydrogens (tertiary/aromatic N) is 4. The first-order valence-electron chi connectivity index (χ1n) is 8.93. The third kappa shape index (κ3) is 5.65. The Hall–Kier alpha value is -2.17. The molecule has 1 saturated carbocycles. The number of aliphatic carboxylic acids is 1. The van der Waals surface area contributed by atoms with Crippen LogP contribution in [0.2, 0.25) is 0 Å². The molecule has 1 saturated heterocycles. The van der Waals surface area contributed by atoms with Crippen molar-refractivity contribution in [3.8, 4) is 0 Å². The van der Waals surface area contributed by atoms with Crippen molar-refractivity contribution in [2.45, 2.75) is 51.2 Å². The van der Waals surface area contributed by atoms with Gasteiger partial charge >= 0.3 is 12.1 Å². The summed E-state index contributed by atoms with van der Waals surface area (Å²) in [5.41, 5.74) is 1.47. The van der Waals surface area contributed by atoms with Gasteiger partial charge in [-0.1, -0.05) is 24.5 Å². The van der Waals surface area contributed by atoms with Gasteiger partial charge in [0, 0.05) is 26.2 Å². The Morgan fingerprint density at radius 2 is 1.70 bits per heavy atom. The van der Waals surface area contributed by atoms with Gasteiger partial charge in [-0.2, -0.15) is 13.2 Å². The second kappa shape index (κ2) is 9.16. The number of amides is 1. The van der Waals surface area contributed by atoms with E-state index in [1.165, 1.54) is 19.3 Å². The monoisotopic (exact) mass is 391 g/mol. The number of carbonyl (C=O) groups is 2. The molecule has 1 aliphatic carbocycles. The fraction of sp³-hybridized carbons (Fsp3) is 0.750. The Kier molecular flexibility index (Phi) is 7.17. The molecular weight excluding hydrogens is 367 g/mol. The van der Waals surface area contributed by atoms with Crippen LogP contribution in [-0.4, -0.2) is 69.2 Å². The first-order chi connectivity index (χ1) is 12.7. The van der Waals surface area contributed by atoms with E-state index >= 15 is 0 Å². The van der Waals surface area contributed by atoms with Crippen LogP contribution in [0, 0.1) is 6.92 Å². The Labute approximate surface area is 154 Å². The molecule has 2 N–H and O–H groups in total. The number of nitrogens with one attached hydrogen (secondary N) is 1. The predicted molar refractivity (Wildman–Crippen MR) is 89.3 cm³/mol. The molecule has 0 bridgehead atoms. The highest BCUT2D eigenvalue weighted by molar-refractivity contribution is 5.93. The van der Waals surface area contributed by atoms with E-state index in [0.717, 1.165) is 44.7 Å². The molecule has 27 heavy (non-hydrogen) atoms. The maximum atomic E-state index is 12.5. The van der Waals surface area contributed by atoms with Gasteiger partial charge < -0.3 is 15.3 Å². The molecule has 11 heteroatoms. The number of alkyl halides is 3. The molecule has 0 spiro atoms. The van der Waals surface area contributed by atoms with Crippen LogP contribution in [0.1, 0.15) is 54.3 Å². The third-order valence-corrected chi connectivity index (χ3v) is 4.70. The summed E-state index contributed by atoms with van der Waals surface area (Å²) >= 11 is 0. The molecule has 0 radical (unpaired) electrons. The molecule has 2 fully saturated rings. The maximum absolute atomic E-state index is 12.5. The van der Waals surface area contributed by atoms with Crippen molar-refractivity contribution in [1.29, 1.82) is 0 Å². The molecule has 0 aromatic carbocycles. The molecule has 152 valence electrons. The normalized spacial score (nSPS) is 18.6. The minimum Gasteiger partial charge on any atom is -0.475 e. The van der Waals surface area contributed by atoms with Crippen LogP contribution >= 0.6 is 0 Å². The average Bonchev–Trinajstić information content (AvgIpc) is 3.03. The summed E-state index contributed by atoms with van der Waals surface area (Å²) in [5, 5.41) is 18.8. The summed E-state index contributed by atoms with van der Waals surface area (Å²) in [6, 6.07) is 0.431. The first-order valence-corrected chi connectivity index (χ1v) is 8.93. The number of rotatable bonds is 2. The van der Waals surface area contributed by atoms with Crippen molar-refractivity contribution >= 4 is 11.9 Å². The van der Waals surface area contributed by atoms with Crippen molar-refractivity contribution in [3.05, 3.63) is 11.4 Å². The second-order valence-electron chi connectivity index (χ2n) is 6.60. The van der Waals surface area contributed by atoms with Crippen LogP contribution in [0.25, 0.3) is 0 Å². The van der Waals surface area contributed by atoms with Gasteiger partial charge in [0.05, 0.1) is 11.7 Å². The molecule has 1 aromatic heterocycles. The number of hydrogen-bond donors (Lipinski definition) is 2. The van der Waals surface area contributed by atoms with Gasteiger partial charge in [-0.3, -0.25) is 4.79 Å². The van der Waals surface area contributed by atoms with Gasteiger partial charge in [-0.25, -0.2) is 9.48 Å². The molecule has 2 aliphatic rings. The van der Waals surface area contributed by atoms with Crippen molar-refractivity contribution in [2.24, 2.45) is 0 Å². The highest BCUT2D eigenvalue weighted by Crippen LogP contribution is 2.28. The molecule has 1 amide bonds. The van der Waals surface area contributed by atoms with Gasteiger partial charge in [0.15, 0.2) is 5.69 Å². The minimum absolute atomic E-state index is 0.0334. The number of carbonyl (C=O) groups excluding carboxylic acids is 1. The Balaban J connectivity index is 0.000000321. The molecular formula is C16H24F3N5O3. The number of aromatic nitrogens is 3. The molecule has 2 heterocycles. The van der Waals surface area contributed by atoms with E-state index in [1.54, 1.807) is 0 Å². The molecule has 1 aromatic rings. The smallest absolute Gasteiger partial charge is 0.475 e. The lowest BCUT2D eigenvalue weighted by Crippen LogP contribution is -2.46. The summed E-state index contributed by atoms with van der Waals surface area (Å²) in [4.78, 5) is 23.3. The molecule has 0 atom stereocenters. The standard InChI is InChI=1S/C14H23N5O.C2HF3O2/c1-11-13(14(20)18-9-7-15-8-10-18)16-17-19(11)12-5-3-2-4-6-12;3-2(4,5)1(6)7/h12,15H,2-10H2,1H3;(H,6,7). The second-order valence-corrected chi connectivity index (χ2v) is 6.60. The van der Waals surface area contributed by atoms with Crippen molar-refractivity contribution in [2.75, 3.05) is 26.2 Å². The SMILES string of the molecule is Cc1c(C(=O)N2CCNCC2)nnn1C1CCCCC1.O=C(O)C(F)(F)F. The lowest BCUT2D eigenvalue weighted by atomic mass is 9.95. The largest absolute Gasteiger partial charge is 0.490 e. The van der Waals surface area contributed by atoms with E-state index in [-0.39, 0.29) is 5.91 Å². The van der Waals surface area contributed by atoms with Gasteiger partial charge in [0.1, 0.15) is 0 Å². The number of carboxylic acid groups (broad SMARTS) is 1.